The summed E-state index contributed by atoms with van der Waals surface area (Å²) < 4.78 is 0. The maximum Gasteiger partial charge on any atom is 0.220 e. The highest BCUT2D eigenvalue weighted by molar-refractivity contribution is 5.76. The molecule has 0 saturated heterocycles. The zero-order valence-corrected chi connectivity index (χ0v) is 30.0. The van der Waals surface area contributed by atoms with Crippen LogP contribution in [0.2, 0.25) is 0 Å². The van der Waals surface area contributed by atoms with Gasteiger partial charge in [-0.15, -0.1) is 0 Å². The number of aliphatic hydroxyl groups excluding tert-OH is 2. The Bertz CT molecular complexity index is 964. The summed E-state index contributed by atoms with van der Waals surface area (Å²) >= 11 is 0. The summed E-state index contributed by atoms with van der Waals surface area (Å²) in [4.78, 5) is 12.3. The van der Waals surface area contributed by atoms with Crippen molar-refractivity contribution < 1.29 is 15.0 Å². The quantitative estimate of drug-likeness (QED) is 0.0518. The summed E-state index contributed by atoms with van der Waals surface area (Å²) in [7, 11) is 0. The molecular weight excluding hydrogens is 578 g/mol. The van der Waals surface area contributed by atoms with Gasteiger partial charge in [0.1, 0.15) is 0 Å². The number of carbonyl (C=O) groups excluding carboxylic acids is 1. The van der Waals surface area contributed by atoms with Crippen LogP contribution >= 0.6 is 0 Å². The van der Waals surface area contributed by atoms with E-state index in [1.165, 1.54) is 19.3 Å². The van der Waals surface area contributed by atoms with Gasteiger partial charge in [0.05, 0.1) is 18.8 Å². The van der Waals surface area contributed by atoms with Crippen molar-refractivity contribution in [2.24, 2.45) is 0 Å². The first-order chi connectivity index (χ1) is 23.2. The Kier molecular flexibility index (Phi) is 35.2. The largest absolute Gasteiger partial charge is 0.394 e. The molecule has 0 bridgehead atoms. The van der Waals surface area contributed by atoms with Crippen LogP contribution in [-0.4, -0.2) is 34.9 Å². The Balaban J connectivity index is 3.80. The van der Waals surface area contributed by atoms with Gasteiger partial charge in [-0.05, 0) is 89.9 Å². The van der Waals surface area contributed by atoms with E-state index in [1.54, 1.807) is 6.08 Å². The van der Waals surface area contributed by atoms with Gasteiger partial charge in [-0.2, -0.15) is 0 Å². The molecule has 2 atom stereocenters. The van der Waals surface area contributed by atoms with E-state index < -0.39 is 12.1 Å². The third-order valence-electron chi connectivity index (χ3n) is 7.47. The summed E-state index contributed by atoms with van der Waals surface area (Å²) in [5.41, 5.74) is 0. The van der Waals surface area contributed by atoms with Crippen molar-refractivity contribution in [3.63, 3.8) is 0 Å². The van der Waals surface area contributed by atoms with E-state index in [-0.39, 0.29) is 12.5 Å². The topological polar surface area (TPSA) is 69.6 Å². The standard InChI is InChI=1S/C43H69NO3/c1-3-5-7-9-11-13-15-17-18-19-20-21-22-23-24-25-26-27-29-31-33-35-37-39-43(47)44-41(40-45)42(46)38-36-34-32-30-28-16-14-12-10-8-6-4-2/h5,7,10-13,17-18,20-21,23-24,26-28,30,36,38,41-42,45-46H,3-4,6,8-9,14-16,19,22,25,29,31-35,37,39-40H2,1-2H3,(H,44,47)/b7-5-,12-10+,13-11-,18-17-,21-20-,24-23-,27-26-,30-28+,38-36+. The minimum atomic E-state index is -0.886. The average Bonchev–Trinajstić information content (AvgIpc) is 3.07. The first-order valence-corrected chi connectivity index (χ1v) is 18.6. The molecule has 0 saturated carbocycles. The van der Waals surface area contributed by atoms with Crippen LogP contribution in [0.5, 0.6) is 0 Å². The van der Waals surface area contributed by atoms with E-state index in [0.717, 1.165) is 96.3 Å². The van der Waals surface area contributed by atoms with Crippen LogP contribution in [0.1, 0.15) is 136 Å². The van der Waals surface area contributed by atoms with Crippen molar-refractivity contribution >= 4 is 5.91 Å². The van der Waals surface area contributed by atoms with E-state index >= 15 is 0 Å². The normalized spacial score (nSPS) is 14.4. The van der Waals surface area contributed by atoms with Crippen LogP contribution in [0.3, 0.4) is 0 Å². The fourth-order valence-corrected chi connectivity index (χ4v) is 4.61. The maximum atomic E-state index is 12.3. The van der Waals surface area contributed by atoms with Gasteiger partial charge < -0.3 is 15.5 Å². The second-order valence-corrected chi connectivity index (χ2v) is 11.9. The lowest BCUT2D eigenvalue weighted by molar-refractivity contribution is -0.123. The number of amides is 1. The number of allylic oxidation sites excluding steroid dienone is 17. The SMILES string of the molecule is CC/C=C\C/C=C\C/C=C\C/C=C\C/C=C\C/C=C\CCCCCCC(=O)NC(CO)C(O)/C=C/CC/C=C/CC/C=C/CCCC. The number of nitrogens with one attached hydrogen (secondary N) is 1. The Labute approximate surface area is 289 Å². The summed E-state index contributed by atoms with van der Waals surface area (Å²) in [6.07, 6.45) is 57.4. The number of aliphatic hydroxyl groups is 2. The third kappa shape index (κ3) is 34.2. The predicted molar refractivity (Wildman–Crippen MR) is 206 cm³/mol. The molecule has 0 radical (unpaired) electrons. The number of unbranched alkanes of at least 4 members (excludes halogenated alkanes) is 8. The summed E-state index contributed by atoms with van der Waals surface area (Å²) in [6.45, 7) is 4.08. The highest BCUT2D eigenvalue weighted by Crippen LogP contribution is 2.08. The van der Waals surface area contributed by atoms with Crippen LogP contribution < -0.4 is 5.32 Å². The number of rotatable bonds is 31. The van der Waals surface area contributed by atoms with E-state index in [2.05, 4.69) is 116 Å². The lowest BCUT2D eigenvalue weighted by Crippen LogP contribution is -2.45. The molecule has 0 aliphatic rings. The molecule has 0 aromatic rings. The highest BCUT2D eigenvalue weighted by atomic mass is 16.3. The molecule has 3 N–H and O–H groups in total. The highest BCUT2D eigenvalue weighted by Gasteiger charge is 2.17. The molecule has 0 spiro atoms. The molecule has 0 heterocycles. The summed E-state index contributed by atoms with van der Waals surface area (Å²) in [6, 6.07) is -0.665. The number of carbonyl (C=O) groups is 1. The molecule has 0 aliphatic carbocycles. The van der Waals surface area contributed by atoms with Gasteiger partial charge in [-0.1, -0.05) is 149 Å². The Hall–Kier alpha value is -2.95. The molecule has 2 unspecified atom stereocenters. The third-order valence-corrected chi connectivity index (χ3v) is 7.47. The van der Waals surface area contributed by atoms with Gasteiger partial charge in [-0.25, -0.2) is 0 Å². The minimum absolute atomic E-state index is 0.111. The number of hydrogen-bond donors (Lipinski definition) is 3. The molecule has 1 amide bonds. The molecule has 0 aromatic carbocycles. The number of hydrogen-bond acceptors (Lipinski definition) is 3. The summed E-state index contributed by atoms with van der Waals surface area (Å²) in [5.74, 6) is -0.111. The molecule has 4 nitrogen and oxygen atoms in total. The maximum absolute atomic E-state index is 12.3. The molecule has 264 valence electrons. The second-order valence-electron chi connectivity index (χ2n) is 11.9. The lowest BCUT2D eigenvalue weighted by atomic mass is 10.1. The Morgan fingerprint density at radius 3 is 1.47 bits per heavy atom. The monoisotopic (exact) mass is 648 g/mol. The van der Waals surface area contributed by atoms with Crippen LogP contribution in [0.25, 0.3) is 0 Å². The predicted octanol–water partition coefficient (Wildman–Crippen LogP) is 11.3. The van der Waals surface area contributed by atoms with Crippen molar-refractivity contribution in [1.29, 1.82) is 0 Å². The van der Waals surface area contributed by atoms with Crippen LogP contribution in [-0.2, 0) is 4.79 Å². The van der Waals surface area contributed by atoms with Crippen molar-refractivity contribution in [3.05, 3.63) is 109 Å². The molecular formula is C43H69NO3. The van der Waals surface area contributed by atoms with Gasteiger partial charge in [0.25, 0.3) is 0 Å². The van der Waals surface area contributed by atoms with Gasteiger partial charge in [0, 0.05) is 6.42 Å². The van der Waals surface area contributed by atoms with Crippen LogP contribution in [0.4, 0.5) is 0 Å². The smallest absolute Gasteiger partial charge is 0.220 e. The zero-order valence-electron chi connectivity index (χ0n) is 30.0. The fourth-order valence-electron chi connectivity index (χ4n) is 4.61. The molecule has 4 heteroatoms. The molecule has 0 fully saturated rings. The van der Waals surface area contributed by atoms with Crippen molar-refractivity contribution in [3.8, 4) is 0 Å². The van der Waals surface area contributed by atoms with Gasteiger partial charge in [0.2, 0.25) is 5.91 Å². The summed E-state index contributed by atoms with van der Waals surface area (Å²) in [5, 5.41) is 22.8. The van der Waals surface area contributed by atoms with Crippen LogP contribution in [0.15, 0.2) is 109 Å². The van der Waals surface area contributed by atoms with E-state index in [9.17, 15) is 15.0 Å². The zero-order chi connectivity index (χ0) is 34.3. The van der Waals surface area contributed by atoms with Crippen molar-refractivity contribution in [2.75, 3.05) is 6.61 Å². The van der Waals surface area contributed by atoms with Crippen LogP contribution in [0, 0.1) is 0 Å². The van der Waals surface area contributed by atoms with Crippen molar-refractivity contribution in [2.45, 2.75) is 148 Å². The first kappa shape index (κ1) is 44.1. The average molecular weight is 648 g/mol. The lowest BCUT2D eigenvalue weighted by Gasteiger charge is -2.19. The Morgan fingerprint density at radius 2 is 0.957 bits per heavy atom. The van der Waals surface area contributed by atoms with E-state index in [4.69, 9.17) is 0 Å². The van der Waals surface area contributed by atoms with Gasteiger partial charge >= 0.3 is 0 Å². The second kappa shape index (κ2) is 37.5. The van der Waals surface area contributed by atoms with Crippen molar-refractivity contribution in [1.82, 2.24) is 5.32 Å². The van der Waals surface area contributed by atoms with Gasteiger partial charge in [-0.3, -0.25) is 4.79 Å². The molecule has 0 rings (SSSR count). The first-order valence-electron chi connectivity index (χ1n) is 18.6. The molecule has 0 aromatic heterocycles. The molecule has 0 aliphatic heterocycles. The van der Waals surface area contributed by atoms with Gasteiger partial charge in [0.15, 0.2) is 0 Å². The molecule has 47 heavy (non-hydrogen) atoms. The van der Waals surface area contributed by atoms with E-state index in [1.807, 2.05) is 6.08 Å². The van der Waals surface area contributed by atoms with E-state index in [0.29, 0.717) is 6.42 Å². The Morgan fingerprint density at radius 1 is 0.532 bits per heavy atom. The minimum Gasteiger partial charge on any atom is -0.394 e. The fraction of sp³-hybridized carbons (Fsp3) is 0.558.